The van der Waals surface area contributed by atoms with E-state index in [0.29, 0.717) is 33.3 Å². The third-order valence-electron chi connectivity index (χ3n) is 5.62. The van der Waals surface area contributed by atoms with Crippen LogP contribution in [0.1, 0.15) is 11.1 Å². The van der Waals surface area contributed by atoms with Crippen molar-refractivity contribution in [3.63, 3.8) is 0 Å². The first-order chi connectivity index (χ1) is 17.4. The van der Waals surface area contributed by atoms with Gasteiger partial charge in [-0.3, -0.25) is 19.3 Å². The Bertz CT molecular complexity index is 1440. The fourth-order valence-corrected chi connectivity index (χ4v) is 5.51. The molecule has 0 saturated carbocycles. The van der Waals surface area contributed by atoms with Crippen molar-refractivity contribution in [2.75, 3.05) is 12.4 Å². The van der Waals surface area contributed by atoms with E-state index >= 15 is 0 Å². The highest BCUT2D eigenvalue weighted by Crippen LogP contribution is 2.43. The molecule has 36 heavy (non-hydrogen) atoms. The average molecular weight is 531 g/mol. The largest absolute Gasteiger partial charge is 0.389 e. The van der Waals surface area contributed by atoms with E-state index in [0.717, 1.165) is 18.0 Å². The maximum Gasteiger partial charge on any atom is 0.235 e. The van der Waals surface area contributed by atoms with Crippen molar-refractivity contribution >= 4 is 46.3 Å². The Morgan fingerprint density at radius 3 is 2.81 bits per heavy atom. The number of hydrogen-bond acceptors (Lipinski definition) is 10. The van der Waals surface area contributed by atoms with Gasteiger partial charge in [0.1, 0.15) is 28.6 Å². The molecule has 0 unspecified atom stereocenters. The smallest absolute Gasteiger partial charge is 0.235 e. The van der Waals surface area contributed by atoms with E-state index in [-0.39, 0.29) is 12.4 Å². The molecule has 4 N–H and O–H groups in total. The van der Waals surface area contributed by atoms with Crippen LogP contribution in [0.4, 0.5) is 10.2 Å². The number of aliphatic hydroxyl groups is 2. The van der Waals surface area contributed by atoms with E-state index in [1.54, 1.807) is 22.9 Å². The lowest BCUT2D eigenvalue weighted by Gasteiger charge is -2.17. The second kappa shape index (κ2) is 9.93. The standard InChI is InChI=1S/C22H20ClFN8O3S/c1-25-21(35)17-15(33)16(34)22(36-17)32-9-29-14-19(28-8-13-5-11(23)2-3-27-13)30-18(31-20(14)32)10-4-12(24)7-26-6-10/h2-7,9,15-17,22,33-34H,8H2,1H3,(H,25,35)(H,28,30,31)/t15-,16+,17-,22+/m0/s1. The van der Waals surface area contributed by atoms with Crippen LogP contribution in [0.5, 0.6) is 0 Å². The molecule has 14 heteroatoms. The van der Waals surface area contributed by atoms with Crippen molar-refractivity contribution in [1.29, 1.82) is 0 Å². The molecule has 1 fully saturated rings. The van der Waals surface area contributed by atoms with Gasteiger partial charge in [-0.15, -0.1) is 11.8 Å². The first-order valence-electron chi connectivity index (χ1n) is 10.8. The van der Waals surface area contributed by atoms with Gasteiger partial charge in [-0.2, -0.15) is 0 Å². The van der Waals surface area contributed by atoms with E-state index < -0.39 is 34.6 Å². The lowest BCUT2D eigenvalue weighted by atomic mass is 10.1. The minimum Gasteiger partial charge on any atom is -0.389 e. The molecule has 5 heterocycles. The van der Waals surface area contributed by atoms with Crippen molar-refractivity contribution in [3.05, 3.63) is 59.7 Å². The minimum atomic E-state index is -1.29. The van der Waals surface area contributed by atoms with E-state index in [2.05, 4.69) is 35.6 Å². The van der Waals surface area contributed by atoms with Gasteiger partial charge in [-0.25, -0.2) is 19.3 Å². The fourth-order valence-electron chi connectivity index (χ4n) is 3.86. The van der Waals surface area contributed by atoms with E-state index in [1.807, 2.05) is 0 Å². The maximum atomic E-state index is 13.9. The van der Waals surface area contributed by atoms with Crippen LogP contribution in [-0.2, 0) is 11.3 Å². The summed E-state index contributed by atoms with van der Waals surface area (Å²) in [5.41, 5.74) is 1.67. The zero-order valence-electron chi connectivity index (χ0n) is 18.7. The molecule has 186 valence electrons. The van der Waals surface area contributed by atoms with E-state index in [9.17, 15) is 19.4 Å². The number of imidazole rings is 1. The third kappa shape index (κ3) is 4.57. The molecule has 4 atom stereocenters. The second-order valence-electron chi connectivity index (χ2n) is 7.97. The van der Waals surface area contributed by atoms with Crippen molar-refractivity contribution in [1.82, 2.24) is 34.8 Å². The number of hydrogen-bond donors (Lipinski definition) is 4. The number of aliphatic hydroxyl groups excluding tert-OH is 2. The van der Waals surface area contributed by atoms with Crippen LogP contribution < -0.4 is 10.6 Å². The van der Waals surface area contributed by atoms with Crippen molar-refractivity contribution in [3.8, 4) is 11.4 Å². The number of rotatable bonds is 6. The van der Waals surface area contributed by atoms with Crippen LogP contribution in [0, 0.1) is 5.82 Å². The second-order valence-corrected chi connectivity index (χ2v) is 9.67. The van der Waals surface area contributed by atoms with Gasteiger partial charge in [-0.1, -0.05) is 11.6 Å². The summed E-state index contributed by atoms with van der Waals surface area (Å²) in [4.78, 5) is 33.9. The summed E-state index contributed by atoms with van der Waals surface area (Å²) in [6.45, 7) is 0.263. The predicted molar refractivity (Wildman–Crippen MR) is 132 cm³/mol. The lowest BCUT2D eigenvalue weighted by molar-refractivity contribution is -0.122. The molecule has 11 nitrogen and oxygen atoms in total. The van der Waals surface area contributed by atoms with Crippen LogP contribution in [0.25, 0.3) is 22.6 Å². The Balaban J connectivity index is 1.58. The highest BCUT2D eigenvalue weighted by Gasteiger charge is 2.47. The molecule has 1 aliphatic rings. The summed E-state index contributed by atoms with van der Waals surface area (Å²) < 4.78 is 15.5. The summed E-state index contributed by atoms with van der Waals surface area (Å²) >= 11 is 7.15. The number of pyridine rings is 2. The zero-order valence-corrected chi connectivity index (χ0v) is 20.3. The van der Waals surface area contributed by atoms with Gasteiger partial charge in [-0.05, 0) is 18.2 Å². The molecule has 0 aliphatic carbocycles. The molecule has 1 amide bonds. The zero-order chi connectivity index (χ0) is 25.4. The maximum absolute atomic E-state index is 13.9. The molecule has 0 bridgehead atoms. The molecule has 0 spiro atoms. The fraction of sp³-hybridized carbons (Fsp3) is 0.273. The van der Waals surface area contributed by atoms with Crippen molar-refractivity contribution in [2.45, 2.75) is 29.4 Å². The van der Waals surface area contributed by atoms with Gasteiger partial charge in [0, 0.05) is 30.0 Å². The van der Waals surface area contributed by atoms with Gasteiger partial charge >= 0.3 is 0 Å². The number of halogens is 2. The molecule has 0 radical (unpaired) electrons. The SMILES string of the molecule is CNC(=O)[C@H]1S[C@@H](n2cnc3c(NCc4cc(Cl)ccn4)nc(-c4cncc(F)c4)nc32)[C@H](O)[C@@H]1O. The number of carbonyl (C=O) groups excluding carboxylic acids is 1. The highest BCUT2D eigenvalue weighted by molar-refractivity contribution is 8.01. The normalized spacial score (nSPS) is 21.6. The summed E-state index contributed by atoms with van der Waals surface area (Å²) in [6.07, 6.45) is 2.98. The summed E-state index contributed by atoms with van der Waals surface area (Å²) in [6, 6.07) is 4.62. The lowest BCUT2D eigenvalue weighted by Crippen LogP contribution is -2.39. The molecular weight excluding hydrogens is 511 g/mol. The van der Waals surface area contributed by atoms with Gasteiger partial charge in [0.15, 0.2) is 22.8 Å². The summed E-state index contributed by atoms with van der Waals surface area (Å²) in [7, 11) is 1.46. The molecule has 0 aromatic carbocycles. The van der Waals surface area contributed by atoms with Crippen molar-refractivity contribution < 1.29 is 19.4 Å². The number of thioether (sulfide) groups is 1. The van der Waals surface area contributed by atoms with E-state index in [1.165, 1.54) is 25.6 Å². The van der Waals surface area contributed by atoms with Gasteiger partial charge < -0.3 is 20.8 Å². The van der Waals surface area contributed by atoms with Gasteiger partial charge in [0.25, 0.3) is 0 Å². The first kappa shape index (κ1) is 24.3. The summed E-state index contributed by atoms with van der Waals surface area (Å²) in [5, 5.41) is 25.8. The van der Waals surface area contributed by atoms with Crippen LogP contribution in [0.3, 0.4) is 0 Å². The molecule has 4 aromatic heterocycles. The Labute approximate surface area is 213 Å². The molecular formula is C22H20ClFN8O3S. The molecule has 1 aliphatic heterocycles. The number of carbonyl (C=O) groups is 1. The van der Waals surface area contributed by atoms with E-state index in [4.69, 9.17) is 11.6 Å². The third-order valence-corrected chi connectivity index (χ3v) is 7.42. The average Bonchev–Trinajstić information content (AvgIpc) is 3.43. The van der Waals surface area contributed by atoms with Crippen molar-refractivity contribution in [2.24, 2.45) is 0 Å². The Morgan fingerprint density at radius 2 is 2.06 bits per heavy atom. The van der Waals surface area contributed by atoms with Gasteiger partial charge in [0.2, 0.25) is 5.91 Å². The number of fused-ring (bicyclic) bond motifs is 1. The molecule has 4 aromatic rings. The number of nitrogens with one attached hydrogen (secondary N) is 2. The van der Waals surface area contributed by atoms with Crippen LogP contribution >= 0.6 is 23.4 Å². The summed E-state index contributed by atoms with van der Waals surface area (Å²) in [5.74, 6) is -0.462. The number of nitrogens with zero attached hydrogens (tertiary/aromatic N) is 6. The highest BCUT2D eigenvalue weighted by atomic mass is 35.5. The Hall–Kier alpha value is -3.39. The minimum absolute atomic E-state index is 0.165. The first-order valence-corrected chi connectivity index (χ1v) is 12.1. The Kier molecular flexibility index (Phi) is 6.71. The number of aromatic nitrogens is 6. The van der Waals surface area contributed by atoms with Crippen LogP contribution in [-0.4, -0.2) is 70.1 Å². The number of amides is 1. The molecule has 1 saturated heterocycles. The topological polar surface area (TPSA) is 151 Å². The Morgan fingerprint density at radius 1 is 1.22 bits per heavy atom. The number of anilines is 1. The predicted octanol–water partition coefficient (Wildman–Crippen LogP) is 1.77. The van der Waals surface area contributed by atoms with Gasteiger partial charge in [0.05, 0.1) is 24.8 Å². The van der Waals surface area contributed by atoms with Crippen LogP contribution in [0.2, 0.25) is 5.02 Å². The molecule has 5 rings (SSSR count). The monoisotopic (exact) mass is 530 g/mol. The van der Waals surface area contributed by atoms with Crippen LogP contribution in [0.15, 0.2) is 43.1 Å². The quantitative estimate of drug-likeness (QED) is 0.290.